The Balaban J connectivity index is 1.55. The summed E-state index contributed by atoms with van der Waals surface area (Å²) in [4.78, 5) is 32.0. The van der Waals surface area contributed by atoms with Gasteiger partial charge in [-0.05, 0) is 72.1 Å². The average Bonchev–Trinajstić information content (AvgIpc) is 3.41. The molecule has 0 saturated heterocycles. The maximum absolute atomic E-state index is 14.2. The molecule has 4 aromatic carbocycles. The Morgan fingerprint density at radius 3 is 2.29 bits per heavy atom. The largest absolute Gasteiger partial charge is 0.497 e. The van der Waals surface area contributed by atoms with Crippen molar-refractivity contribution in [3.05, 3.63) is 114 Å². The van der Waals surface area contributed by atoms with Crippen molar-refractivity contribution >= 4 is 34.2 Å². The van der Waals surface area contributed by atoms with Crippen LogP contribution in [0.4, 0.5) is 11.4 Å². The fourth-order valence-electron chi connectivity index (χ4n) is 4.86. The number of hydrogen-bond acceptors (Lipinski definition) is 6. The standard InChI is InChI=1S/C33H34N6O3/c1-23-9-5-6-10-25(23)21-38(31(40)22-39-30-12-8-7-11-29(30)35-36-39)32(24-13-19-28(42-4)20-14-24)33(41)34-26-15-17-27(18-16-26)37(2)3/h5-20,32H,21-22H2,1-4H3,(H,34,41). The molecular weight excluding hydrogens is 528 g/mol. The van der Waals surface area contributed by atoms with Gasteiger partial charge < -0.3 is 19.9 Å². The zero-order valence-corrected chi connectivity index (χ0v) is 24.2. The number of para-hydroxylation sites is 1. The number of methoxy groups -OCH3 is 1. The number of fused-ring (bicyclic) bond motifs is 1. The van der Waals surface area contributed by atoms with E-state index in [4.69, 9.17) is 4.74 Å². The molecule has 214 valence electrons. The van der Waals surface area contributed by atoms with Crippen molar-refractivity contribution in [2.45, 2.75) is 26.1 Å². The average molecular weight is 563 g/mol. The summed E-state index contributed by atoms with van der Waals surface area (Å²) < 4.78 is 6.94. The fourth-order valence-corrected chi connectivity index (χ4v) is 4.86. The van der Waals surface area contributed by atoms with Gasteiger partial charge in [0.15, 0.2) is 0 Å². The summed E-state index contributed by atoms with van der Waals surface area (Å²) in [6.07, 6.45) is 0. The summed E-state index contributed by atoms with van der Waals surface area (Å²) in [5, 5.41) is 11.5. The Morgan fingerprint density at radius 1 is 0.905 bits per heavy atom. The van der Waals surface area contributed by atoms with E-state index in [0.29, 0.717) is 22.5 Å². The molecule has 0 radical (unpaired) electrons. The molecule has 0 fully saturated rings. The summed E-state index contributed by atoms with van der Waals surface area (Å²) >= 11 is 0. The predicted molar refractivity (Wildman–Crippen MR) is 164 cm³/mol. The minimum Gasteiger partial charge on any atom is -0.497 e. The molecule has 0 saturated carbocycles. The van der Waals surface area contributed by atoms with Crippen molar-refractivity contribution in [2.24, 2.45) is 0 Å². The van der Waals surface area contributed by atoms with E-state index in [-0.39, 0.29) is 24.9 Å². The summed E-state index contributed by atoms with van der Waals surface area (Å²) in [6.45, 7) is 2.14. The molecule has 0 aliphatic heterocycles. The van der Waals surface area contributed by atoms with Crippen LogP contribution < -0.4 is 15.0 Å². The van der Waals surface area contributed by atoms with Crippen LogP contribution in [0.25, 0.3) is 11.0 Å². The van der Waals surface area contributed by atoms with E-state index >= 15 is 0 Å². The van der Waals surface area contributed by atoms with E-state index in [0.717, 1.165) is 22.3 Å². The lowest BCUT2D eigenvalue weighted by Gasteiger charge is -2.32. The van der Waals surface area contributed by atoms with Crippen LogP contribution in [0.15, 0.2) is 97.1 Å². The molecule has 9 heteroatoms. The summed E-state index contributed by atoms with van der Waals surface area (Å²) in [5.41, 5.74) is 5.70. The molecule has 1 heterocycles. The normalized spacial score (nSPS) is 11.6. The van der Waals surface area contributed by atoms with Gasteiger partial charge in [0.05, 0.1) is 12.6 Å². The lowest BCUT2D eigenvalue weighted by molar-refractivity contribution is -0.140. The SMILES string of the molecule is COc1ccc(C(C(=O)Nc2ccc(N(C)C)cc2)N(Cc2ccccc2C)C(=O)Cn2nnc3ccccc32)cc1. The highest BCUT2D eigenvalue weighted by Crippen LogP contribution is 2.29. The molecule has 42 heavy (non-hydrogen) atoms. The molecule has 0 aliphatic rings. The molecule has 1 atom stereocenters. The zero-order chi connectivity index (χ0) is 29.6. The second-order valence-corrected chi connectivity index (χ2v) is 10.3. The molecule has 5 aromatic rings. The number of anilines is 2. The Labute approximate surface area is 245 Å². The first kappa shape index (κ1) is 28.4. The van der Waals surface area contributed by atoms with Crippen LogP contribution in [0.3, 0.4) is 0 Å². The van der Waals surface area contributed by atoms with Crippen LogP contribution >= 0.6 is 0 Å². The highest BCUT2D eigenvalue weighted by atomic mass is 16.5. The number of carbonyl (C=O) groups is 2. The number of nitrogens with zero attached hydrogens (tertiary/aromatic N) is 5. The van der Waals surface area contributed by atoms with Gasteiger partial charge in [-0.1, -0.05) is 53.7 Å². The van der Waals surface area contributed by atoms with Gasteiger partial charge in [0.1, 0.15) is 23.9 Å². The first-order valence-corrected chi connectivity index (χ1v) is 13.7. The number of rotatable bonds is 10. The number of amides is 2. The topological polar surface area (TPSA) is 92.6 Å². The molecule has 1 aromatic heterocycles. The maximum atomic E-state index is 14.2. The molecule has 9 nitrogen and oxygen atoms in total. The molecule has 2 amide bonds. The molecule has 1 N–H and O–H groups in total. The Bertz CT molecular complexity index is 1680. The van der Waals surface area contributed by atoms with Crippen LogP contribution in [0.5, 0.6) is 5.75 Å². The van der Waals surface area contributed by atoms with E-state index < -0.39 is 6.04 Å². The van der Waals surface area contributed by atoms with E-state index in [1.807, 2.05) is 111 Å². The van der Waals surface area contributed by atoms with Gasteiger partial charge in [0, 0.05) is 32.0 Å². The molecule has 0 aliphatic carbocycles. The van der Waals surface area contributed by atoms with Crippen molar-refractivity contribution in [1.82, 2.24) is 19.9 Å². The zero-order valence-electron chi connectivity index (χ0n) is 24.2. The van der Waals surface area contributed by atoms with Gasteiger partial charge in [0.2, 0.25) is 5.91 Å². The van der Waals surface area contributed by atoms with Crippen molar-refractivity contribution in [3.63, 3.8) is 0 Å². The quantitative estimate of drug-likeness (QED) is 0.251. The maximum Gasteiger partial charge on any atom is 0.251 e. The number of aryl methyl sites for hydroxylation is 1. The number of benzene rings is 4. The molecular formula is C33H34N6O3. The van der Waals surface area contributed by atoms with E-state index in [1.54, 1.807) is 28.8 Å². The third kappa shape index (κ3) is 6.25. The van der Waals surface area contributed by atoms with Crippen LogP contribution in [-0.2, 0) is 22.7 Å². The second kappa shape index (κ2) is 12.6. The third-order valence-corrected chi connectivity index (χ3v) is 7.27. The van der Waals surface area contributed by atoms with Crippen molar-refractivity contribution in [3.8, 4) is 5.75 Å². The monoisotopic (exact) mass is 562 g/mol. The van der Waals surface area contributed by atoms with E-state index in [1.165, 1.54) is 0 Å². The molecule has 5 rings (SSSR count). The van der Waals surface area contributed by atoms with Crippen molar-refractivity contribution in [1.29, 1.82) is 0 Å². The van der Waals surface area contributed by atoms with Gasteiger partial charge in [0.25, 0.3) is 5.91 Å². The minimum absolute atomic E-state index is 0.0795. The third-order valence-electron chi connectivity index (χ3n) is 7.27. The second-order valence-electron chi connectivity index (χ2n) is 10.3. The smallest absolute Gasteiger partial charge is 0.251 e. The number of aromatic nitrogens is 3. The van der Waals surface area contributed by atoms with E-state index in [2.05, 4.69) is 15.6 Å². The van der Waals surface area contributed by atoms with Gasteiger partial charge >= 0.3 is 0 Å². The van der Waals surface area contributed by atoms with Crippen LogP contribution in [0.2, 0.25) is 0 Å². The summed E-state index contributed by atoms with van der Waals surface area (Å²) in [7, 11) is 5.51. The minimum atomic E-state index is -0.939. The van der Waals surface area contributed by atoms with Crippen LogP contribution in [-0.4, -0.2) is 52.9 Å². The predicted octanol–water partition coefficient (Wildman–Crippen LogP) is 5.22. The fraction of sp³-hybridized carbons (Fsp3) is 0.212. The van der Waals surface area contributed by atoms with Crippen LogP contribution in [0, 0.1) is 6.92 Å². The number of nitrogens with one attached hydrogen (secondary N) is 1. The molecule has 1 unspecified atom stereocenters. The van der Waals surface area contributed by atoms with Crippen LogP contribution in [0.1, 0.15) is 22.7 Å². The highest BCUT2D eigenvalue weighted by molar-refractivity contribution is 5.98. The highest BCUT2D eigenvalue weighted by Gasteiger charge is 2.32. The number of ether oxygens (including phenoxy) is 1. The lowest BCUT2D eigenvalue weighted by atomic mass is 10.0. The molecule has 0 bridgehead atoms. The number of carbonyl (C=O) groups excluding carboxylic acids is 2. The van der Waals surface area contributed by atoms with Gasteiger partial charge in [-0.3, -0.25) is 9.59 Å². The van der Waals surface area contributed by atoms with E-state index in [9.17, 15) is 9.59 Å². The van der Waals surface area contributed by atoms with Gasteiger partial charge in [-0.2, -0.15) is 0 Å². The Kier molecular flexibility index (Phi) is 8.47. The van der Waals surface area contributed by atoms with Gasteiger partial charge in [-0.15, -0.1) is 5.10 Å². The molecule has 0 spiro atoms. The summed E-state index contributed by atoms with van der Waals surface area (Å²) in [5.74, 6) is 0.0547. The van der Waals surface area contributed by atoms with Crippen molar-refractivity contribution < 1.29 is 14.3 Å². The Morgan fingerprint density at radius 2 is 1.60 bits per heavy atom. The number of hydrogen-bond donors (Lipinski definition) is 1. The Hall–Kier alpha value is -5.18. The first-order chi connectivity index (χ1) is 20.3. The van der Waals surface area contributed by atoms with Gasteiger partial charge in [-0.25, -0.2) is 4.68 Å². The lowest BCUT2D eigenvalue weighted by Crippen LogP contribution is -2.42. The first-order valence-electron chi connectivity index (χ1n) is 13.7. The van der Waals surface area contributed by atoms with Crippen molar-refractivity contribution in [2.75, 3.05) is 31.4 Å². The summed E-state index contributed by atoms with van der Waals surface area (Å²) in [6, 6.07) is 29.2.